The number of esters is 1. The van der Waals surface area contributed by atoms with Crippen molar-refractivity contribution < 1.29 is 19.2 Å². The Labute approximate surface area is 185 Å². The fourth-order valence-corrected chi connectivity index (χ4v) is 3.68. The number of carbonyl (C=O) groups is 2. The molecule has 9 nitrogen and oxygen atoms in total. The van der Waals surface area contributed by atoms with Crippen molar-refractivity contribution in [2.24, 2.45) is 5.92 Å². The molecule has 2 aromatic rings. The van der Waals surface area contributed by atoms with Crippen LogP contribution in [0, 0.1) is 27.4 Å². The molecule has 1 amide bonds. The standard InChI is InChI=1S/C23H24N4O5/c1-15-6-5-11-26(14-15)20-10-9-17(12-21(20)27(30)31)23(29)32-16(2)22(28)25-19-8-4-3-7-18(19)13-24/h3-4,7-10,12,15-16H,5-6,11,14H2,1-2H3,(H,25,28). The number of piperidine rings is 1. The molecule has 9 heteroatoms. The van der Waals surface area contributed by atoms with Crippen molar-refractivity contribution in [2.45, 2.75) is 32.8 Å². The summed E-state index contributed by atoms with van der Waals surface area (Å²) in [6, 6.07) is 12.6. The van der Waals surface area contributed by atoms with Crippen LogP contribution in [0.3, 0.4) is 0 Å². The zero-order chi connectivity index (χ0) is 23.3. The summed E-state index contributed by atoms with van der Waals surface area (Å²) < 4.78 is 5.21. The van der Waals surface area contributed by atoms with Gasteiger partial charge < -0.3 is 15.0 Å². The second kappa shape index (κ2) is 9.92. The molecule has 0 aromatic heterocycles. The molecule has 2 aromatic carbocycles. The molecule has 1 aliphatic rings. The number of ether oxygens (including phenoxy) is 1. The van der Waals surface area contributed by atoms with Gasteiger partial charge in [-0.05, 0) is 49.9 Å². The van der Waals surface area contributed by atoms with Gasteiger partial charge in [-0.15, -0.1) is 0 Å². The van der Waals surface area contributed by atoms with E-state index in [1.165, 1.54) is 19.1 Å². The molecule has 1 saturated heterocycles. The number of carbonyl (C=O) groups excluding carboxylic acids is 2. The third-order valence-corrected chi connectivity index (χ3v) is 5.36. The summed E-state index contributed by atoms with van der Waals surface area (Å²) in [6.07, 6.45) is 0.855. The maximum atomic E-state index is 12.6. The number of hydrogen-bond acceptors (Lipinski definition) is 7. The lowest BCUT2D eigenvalue weighted by atomic mass is 9.99. The molecular formula is C23H24N4O5. The van der Waals surface area contributed by atoms with Crippen molar-refractivity contribution >= 4 is 28.9 Å². The van der Waals surface area contributed by atoms with Crippen LogP contribution in [0.2, 0.25) is 0 Å². The minimum Gasteiger partial charge on any atom is -0.449 e. The number of hydrogen-bond donors (Lipinski definition) is 1. The maximum absolute atomic E-state index is 12.6. The number of para-hydroxylation sites is 1. The van der Waals surface area contributed by atoms with Crippen molar-refractivity contribution in [1.82, 2.24) is 0 Å². The Morgan fingerprint density at radius 3 is 2.75 bits per heavy atom. The second-order valence-electron chi connectivity index (χ2n) is 7.85. The van der Waals surface area contributed by atoms with E-state index in [4.69, 9.17) is 10.00 Å². The van der Waals surface area contributed by atoms with Crippen LogP contribution in [0.4, 0.5) is 17.1 Å². The zero-order valence-electron chi connectivity index (χ0n) is 17.9. The number of amides is 1. The van der Waals surface area contributed by atoms with Crippen molar-refractivity contribution in [3.8, 4) is 6.07 Å². The van der Waals surface area contributed by atoms with Gasteiger partial charge in [0.25, 0.3) is 11.6 Å². The molecule has 0 aliphatic carbocycles. The Morgan fingerprint density at radius 1 is 1.31 bits per heavy atom. The molecule has 1 aliphatic heterocycles. The highest BCUT2D eigenvalue weighted by atomic mass is 16.6. The summed E-state index contributed by atoms with van der Waals surface area (Å²) in [6.45, 7) is 4.92. The highest BCUT2D eigenvalue weighted by Gasteiger charge is 2.27. The molecule has 2 atom stereocenters. The third-order valence-electron chi connectivity index (χ3n) is 5.36. The normalized spacial score (nSPS) is 16.5. The SMILES string of the molecule is CC1CCCN(c2ccc(C(=O)OC(C)C(=O)Nc3ccccc3C#N)cc2[N+](=O)[O-])C1. The number of anilines is 2. The summed E-state index contributed by atoms with van der Waals surface area (Å²) in [5.41, 5.74) is 0.865. The molecule has 2 unspecified atom stereocenters. The van der Waals surface area contributed by atoms with Crippen LogP contribution in [-0.4, -0.2) is 36.0 Å². The second-order valence-corrected chi connectivity index (χ2v) is 7.85. The van der Waals surface area contributed by atoms with E-state index >= 15 is 0 Å². The summed E-state index contributed by atoms with van der Waals surface area (Å²) >= 11 is 0. The Hall–Kier alpha value is -3.93. The van der Waals surface area contributed by atoms with E-state index in [0.717, 1.165) is 19.4 Å². The highest BCUT2D eigenvalue weighted by molar-refractivity contribution is 5.98. The quantitative estimate of drug-likeness (QED) is 0.414. The van der Waals surface area contributed by atoms with Crippen molar-refractivity contribution in [3.05, 3.63) is 63.7 Å². The maximum Gasteiger partial charge on any atom is 0.339 e. The molecule has 0 radical (unpaired) electrons. The van der Waals surface area contributed by atoms with Gasteiger partial charge in [0.2, 0.25) is 0 Å². The monoisotopic (exact) mass is 436 g/mol. The minimum absolute atomic E-state index is 0.0115. The lowest BCUT2D eigenvalue weighted by molar-refractivity contribution is -0.384. The van der Waals surface area contributed by atoms with Gasteiger partial charge in [-0.2, -0.15) is 5.26 Å². The van der Waals surface area contributed by atoms with Gasteiger partial charge in [0.1, 0.15) is 11.8 Å². The van der Waals surface area contributed by atoms with Gasteiger partial charge in [-0.25, -0.2) is 4.79 Å². The smallest absolute Gasteiger partial charge is 0.339 e. The van der Waals surface area contributed by atoms with Gasteiger partial charge in [-0.3, -0.25) is 14.9 Å². The van der Waals surface area contributed by atoms with E-state index < -0.39 is 22.9 Å². The molecule has 3 rings (SSSR count). The van der Waals surface area contributed by atoms with E-state index in [1.54, 1.807) is 30.3 Å². The van der Waals surface area contributed by atoms with E-state index in [2.05, 4.69) is 12.2 Å². The molecule has 1 fully saturated rings. The van der Waals surface area contributed by atoms with Crippen LogP contribution < -0.4 is 10.2 Å². The number of benzene rings is 2. The van der Waals surface area contributed by atoms with Crippen LogP contribution in [0.5, 0.6) is 0 Å². The Bertz CT molecular complexity index is 1080. The Morgan fingerprint density at radius 2 is 2.06 bits per heavy atom. The topological polar surface area (TPSA) is 126 Å². The average molecular weight is 436 g/mol. The van der Waals surface area contributed by atoms with Crippen LogP contribution in [0.15, 0.2) is 42.5 Å². The van der Waals surface area contributed by atoms with Crippen molar-refractivity contribution in [3.63, 3.8) is 0 Å². The van der Waals surface area contributed by atoms with Gasteiger partial charge in [0, 0.05) is 19.2 Å². The number of rotatable bonds is 6. The molecule has 1 heterocycles. The van der Waals surface area contributed by atoms with Gasteiger partial charge in [-0.1, -0.05) is 19.1 Å². The number of nitrogens with zero attached hydrogens (tertiary/aromatic N) is 3. The molecule has 166 valence electrons. The summed E-state index contributed by atoms with van der Waals surface area (Å²) in [5.74, 6) is -1.03. The van der Waals surface area contributed by atoms with Crippen molar-refractivity contribution in [2.75, 3.05) is 23.3 Å². The number of nitriles is 1. The predicted molar refractivity (Wildman–Crippen MR) is 118 cm³/mol. The van der Waals surface area contributed by atoms with Crippen LogP contribution in [0.25, 0.3) is 0 Å². The molecule has 1 N–H and O–H groups in total. The van der Waals surface area contributed by atoms with E-state index in [1.807, 2.05) is 11.0 Å². The highest BCUT2D eigenvalue weighted by Crippen LogP contribution is 2.32. The zero-order valence-corrected chi connectivity index (χ0v) is 17.9. The number of nitrogens with one attached hydrogen (secondary N) is 1. The number of nitro groups is 1. The van der Waals surface area contributed by atoms with Crippen molar-refractivity contribution in [1.29, 1.82) is 5.26 Å². The lowest BCUT2D eigenvalue weighted by Crippen LogP contribution is -2.34. The number of nitro benzene ring substituents is 1. The molecule has 0 saturated carbocycles. The Kier molecular flexibility index (Phi) is 7.05. The Balaban J connectivity index is 1.73. The van der Waals surface area contributed by atoms with Crippen LogP contribution >= 0.6 is 0 Å². The van der Waals surface area contributed by atoms with Gasteiger partial charge in [0.05, 0.1) is 21.7 Å². The van der Waals surface area contributed by atoms with Gasteiger partial charge in [0.15, 0.2) is 6.10 Å². The third kappa shape index (κ3) is 5.21. The van der Waals surface area contributed by atoms with Gasteiger partial charge >= 0.3 is 5.97 Å². The first-order valence-corrected chi connectivity index (χ1v) is 10.3. The molecule has 0 spiro atoms. The summed E-state index contributed by atoms with van der Waals surface area (Å²) in [7, 11) is 0. The van der Waals surface area contributed by atoms with E-state index in [-0.39, 0.29) is 16.8 Å². The first-order valence-electron chi connectivity index (χ1n) is 10.3. The van der Waals surface area contributed by atoms with Crippen LogP contribution in [-0.2, 0) is 9.53 Å². The first-order chi connectivity index (χ1) is 15.3. The first kappa shape index (κ1) is 22.7. The molecule has 0 bridgehead atoms. The fraction of sp³-hybridized carbons (Fsp3) is 0.348. The predicted octanol–water partition coefficient (Wildman–Crippen LogP) is 3.89. The fourth-order valence-electron chi connectivity index (χ4n) is 3.68. The molecular weight excluding hydrogens is 412 g/mol. The van der Waals surface area contributed by atoms with E-state index in [0.29, 0.717) is 23.8 Å². The van der Waals surface area contributed by atoms with Crippen LogP contribution in [0.1, 0.15) is 42.6 Å². The summed E-state index contributed by atoms with van der Waals surface area (Å²) in [5, 5.41) is 23.3. The average Bonchev–Trinajstić information content (AvgIpc) is 2.78. The lowest BCUT2D eigenvalue weighted by Gasteiger charge is -2.32. The largest absolute Gasteiger partial charge is 0.449 e. The minimum atomic E-state index is -1.17. The summed E-state index contributed by atoms with van der Waals surface area (Å²) in [4.78, 5) is 38.1. The molecule has 32 heavy (non-hydrogen) atoms. The van der Waals surface area contributed by atoms with E-state index in [9.17, 15) is 19.7 Å².